The lowest BCUT2D eigenvalue weighted by Gasteiger charge is -2.28. The van der Waals surface area contributed by atoms with Gasteiger partial charge in [-0.05, 0) is 49.4 Å². The van der Waals surface area contributed by atoms with Gasteiger partial charge in [0, 0.05) is 17.7 Å². The third-order valence-corrected chi connectivity index (χ3v) is 7.19. The monoisotopic (exact) mass is 454 g/mol. The quantitative estimate of drug-likeness (QED) is 0.385. The zero-order valence-electron chi connectivity index (χ0n) is 24.8. The Morgan fingerprint density at radius 3 is 1.31 bits per heavy atom. The molecule has 0 bridgehead atoms. The first-order valence-corrected chi connectivity index (χ1v) is 12.6. The molecule has 194 valence electrons. The topological polar surface area (TPSA) is 70.0 Å². The van der Waals surface area contributed by atoms with Crippen LogP contribution in [-0.2, 0) is 0 Å². The first-order chi connectivity index (χ1) is 14.2. The van der Waals surface area contributed by atoms with E-state index in [9.17, 15) is 0 Å². The number of aliphatic hydroxyl groups is 1. The summed E-state index contributed by atoms with van der Waals surface area (Å²) >= 11 is 0. The summed E-state index contributed by atoms with van der Waals surface area (Å²) < 4.78 is 0. The lowest BCUT2D eigenvalue weighted by atomic mass is 9.79. The molecule has 0 aromatic carbocycles. The first-order valence-electron chi connectivity index (χ1n) is 12.6. The Hall–Kier alpha value is -1.01. The Balaban J connectivity index is -0.000000165. The maximum atomic E-state index is 8.65. The van der Waals surface area contributed by atoms with Crippen LogP contribution in [0.1, 0.15) is 123 Å². The summed E-state index contributed by atoms with van der Waals surface area (Å²) in [7, 11) is 0. The predicted octanol–water partition coefficient (Wildman–Crippen LogP) is 8.83. The summed E-state index contributed by atoms with van der Waals surface area (Å²) in [6.45, 7) is 36.1. The van der Waals surface area contributed by atoms with Crippen molar-refractivity contribution in [2.45, 2.75) is 123 Å². The Kier molecular flexibility index (Phi) is 22.0. The van der Waals surface area contributed by atoms with Gasteiger partial charge in [-0.25, -0.2) is 0 Å². The molecule has 32 heavy (non-hydrogen) atoms. The summed E-state index contributed by atoms with van der Waals surface area (Å²) in [5, 5.41) is 17.2. The molecule has 0 unspecified atom stereocenters. The Labute approximate surface area is 204 Å². The fraction of sp³-hybridized carbons (Fsp3) is 0.897. The zero-order chi connectivity index (χ0) is 26.9. The molecule has 0 aromatic rings. The van der Waals surface area contributed by atoms with Crippen molar-refractivity contribution in [1.82, 2.24) is 0 Å². The third kappa shape index (κ3) is 20.9. The Bertz CT molecular complexity index is 492. The van der Waals surface area contributed by atoms with Crippen molar-refractivity contribution < 1.29 is 5.11 Å². The molecule has 3 N–H and O–H groups in total. The van der Waals surface area contributed by atoms with Gasteiger partial charge in [-0.3, -0.25) is 0 Å². The first kappa shape index (κ1) is 38.3. The molecule has 0 aliphatic heterocycles. The molecular weight excluding hydrogens is 392 g/mol. The van der Waals surface area contributed by atoms with Crippen LogP contribution >= 0.6 is 0 Å². The van der Waals surface area contributed by atoms with E-state index >= 15 is 0 Å². The largest absolute Gasteiger partial charge is 0.402 e. The van der Waals surface area contributed by atoms with E-state index in [2.05, 4.69) is 103 Å². The zero-order valence-corrected chi connectivity index (χ0v) is 24.8. The molecule has 0 saturated heterocycles. The van der Waals surface area contributed by atoms with Gasteiger partial charge in [-0.1, -0.05) is 109 Å². The van der Waals surface area contributed by atoms with E-state index in [1.165, 1.54) is 12.8 Å². The van der Waals surface area contributed by atoms with Gasteiger partial charge in [-0.2, -0.15) is 5.26 Å². The molecule has 0 aromatic heterocycles. The molecule has 0 atom stereocenters. The molecule has 0 aliphatic rings. The van der Waals surface area contributed by atoms with Gasteiger partial charge in [-0.15, -0.1) is 0 Å². The third-order valence-electron chi connectivity index (χ3n) is 7.19. The highest BCUT2D eigenvalue weighted by Gasteiger charge is 2.23. The van der Waals surface area contributed by atoms with Crippen molar-refractivity contribution in [1.29, 1.82) is 5.26 Å². The smallest absolute Gasteiger partial charge is 0.0686 e. The molecule has 0 spiro atoms. The Morgan fingerprint density at radius 2 is 1.28 bits per heavy atom. The minimum absolute atomic E-state index is 0.0833. The van der Waals surface area contributed by atoms with Crippen LogP contribution in [0.5, 0.6) is 0 Å². The van der Waals surface area contributed by atoms with Crippen LogP contribution < -0.4 is 5.73 Å². The maximum absolute atomic E-state index is 8.65. The molecule has 0 saturated carbocycles. The fourth-order valence-corrected chi connectivity index (χ4v) is 1.65. The van der Waals surface area contributed by atoms with Crippen LogP contribution in [0.3, 0.4) is 0 Å². The highest BCUT2D eigenvalue weighted by molar-refractivity contribution is 5.02. The van der Waals surface area contributed by atoms with Gasteiger partial charge in [0.1, 0.15) is 0 Å². The number of rotatable bonds is 8. The maximum Gasteiger partial charge on any atom is 0.0686 e. The minimum atomic E-state index is -0.153. The van der Waals surface area contributed by atoms with E-state index in [-0.39, 0.29) is 10.8 Å². The van der Waals surface area contributed by atoms with Crippen molar-refractivity contribution in [3.63, 3.8) is 0 Å². The van der Waals surface area contributed by atoms with E-state index in [1.54, 1.807) is 0 Å². The van der Waals surface area contributed by atoms with E-state index in [4.69, 9.17) is 16.1 Å². The number of nitriles is 1. The second-order valence-corrected chi connectivity index (χ2v) is 12.2. The average Bonchev–Trinajstić information content (AvgIpc) is 2.62. The van der Waals surface area contributed by atoms with Crippen LogP contribution in [0.25, 0.3) is 0 Å². The molecule has 0 aliphatic carbocycles. The van der Waals surface area contributed by atoms with Crippen LogP contribution in [0.2, 0.25) is 0 Å². The van der Waals surface area contributed by atoms with Crippen molar-refractivity contribution in [3.8, 4) is 6.07 Å². The second-order valence-electron chi connectivity index (χ2n) is 12.2. The number of nitrogens with zero attached hydrogens (tertiary/aromatic N) is 1. The van der Waals surface area contributed by atoms with Gasteiger partial charge < -0.3 is 10.8 Å². The van der Waals surface area contributed by atoms with Gasteiger partial charge in [0.15, 0.2) is 0 Å². The summed E-state index contributed by atoms with van der Waals surface area (Å²) in [6.07, 6.45) is 3.61. The summed E-state index contributed by atoms with van der Waals surface area (Å²) in [6, 6.07) is 2.24. The molecule has 3 nitrogen and oxygen atoms in total. The second kappa shape index (κ2) is 18.4. The number of allylic oxidation sites excluding steroid dienone is 1. The fourth-order valence-electron chi connectivity index (χ4n) is 1.65. The van der Waals surface area contributed by atoms with Gasteiger partial charge >= 0.3 is 0 Å². The van der Waals surface area contributed by atoms with Crippen molar-refractivity contribution in [2.75, 3.05) is 6.61 Å². The van der Waals surface area contributed by atoms with E-state index in [0.717, 1.165) is 18.0 Å². The normalized spacial score (nSPS) is 11.7. The van der Waals surface area contributed by atoms with E-state index < -0.39 is 0 Å². The van der Waals surface area contributed by atoms with Gasteiger partial charge in [0.2, 0.25) is 0 Å². The van der Waals surface area contributed by atoms with E-state index in [0.29, 0.717) is 29.8 Å². The van der Waals surface area contributed by atoms with Crippen LogP contribution in [-0.4, -0.2) is 11.7 Å². The molecule has 3 heteroatoms. The van der Waals surface area contributed by atoms with Crippen LogP contribution in [0, 0.1) is 51.2 Å². The molecular formula is C29H62N2O. The molecule has 0 fully saturated rings. The van der Waals surface area contributed by atoms with Gasteiger partial charge in [0.05, 0.1) is 11.5 Å². The molecule has 0 heterocycles. The molecule has 0 radical (unpaired) electrons. The lowest BCUT2D eigenvalue weighted by molar-refractivity contribution is 0.164. The number of nitrogens with two attached hydrogens (primary N) is 1. The number of hydrogen-bond acceptors (Lipinski definition) is 3. The minimum Gasteiger partial charge on any atom is -0.402 e. The predicted molar refractivity (Wildman–Crippen MR) is 146 cm³/mol. The van der Waals surface area contributed by atoms with Crippen molar-refractivity contribution in [3.05, 3.63) is 12.3 Å². The standard InChI is InChI=1S/C8H17N.C8H18O.C7H13N.C6H14/c1-6(2)8(4,5)7(3)9;1-7(2)8(3,4)5-6-9;1-6(2)7(3,4)5-8;1-4-5-6(2)3/h6H,3,9H2,1-2,4-5H3;7,9H,5-6H2,1-4H3;6H,1-4H3;6H,4-5H2,1-3H3. The summed E-state index contributed by atoms with van der Waals surface area (Å²) in [5.41, 5.74) is 6.58. The highest BCUT2D eigenvalue weighted by Crippen LogP contribution is 2.30. The van der Waals surface area contributed by atoms with Crippen LogP contribution in [0.4, 0.5) is 0 Å². The van der Waals surface area contributed by atoms with Gasteiger partial charge in [0.25, 0.3) is 0 Å². The van der Waals surface area contributed by atoms with Crippen molar-refractivity contribution in [2.24, 2.45) is 45.7 Å². The molecule has 0 amide bonds. The number of aliphatic hydroxyl groups excluding tert-OH is 1. The molecule has 0 rings (SSSR count). The number of hydrogen-bond donors (Lipinski definition) is 2. The summed E-state index contributed by atoms with van der Waals surface area (Å²) in [5.74, 6) is 2.57. The lowest BCUT2D eigenvalue weighted by Crippen LogP contribution is -2.25. The average molecular weight is 455 g/mol. The van der Waals surface area contributed by atoms with E-state index in [1.807, 2.05) is 13.8 Å². The highest BCUT2D eigenvalue weighted by atomic mass is 16.3. The summed E-state index contributed by atoms with van der Waals surface area (Å²) in [4.78, 5) is 0. The van der Waals surface area contributed by atoms with Crippen molar-refractivity contribution >= 4 is 0 Å². The van der Waals surface area contributed by atoms with Crippen LogP contribution in [0.15, 0.2) is 12.3 Å². The Morgan fingerprint density at radius 1 is 0.875 bits per heavy atom. The SMILES string of the molecule is C=C(N)C(C)(C)C(C)C.CC(C)C(C)(C)C#N.CC(C)C(C)(C)CCO.CCCC(C)C.